The van der Waals surface area contributed by atoms with Gasteiger partial charge in [-0.05, 0) is 39.0 Å². The number of hydrogen-bond donors (Lipinski definition) is 3. The fraction of sp³-hybridized carbons (Fsp3) is 0.300. The second-order valence-corrected chi connectivity index (χ2v) is 6.34. The first-order valence-corrected chi connectivity index (χ1v) is 9.43. The molecule has 0 aliphatic rings. The molecule has 0 saturated heterocycles. The molecule has 29 heavy (non-hydrogen) atoms. The minimum Gasteiger partial charge on any atom is -0.492 e. The van der Waals surface area contributed by atoms with Crippen molar-refractivity contribution in [2.45, 2.75) is 20.8 Å². The number of anilines is 2. The Morgan fingerprint density at radius 2 is 1.97 bits per heavy atom. The van der Waals surface area contributed by atoms with Gasteiger partial charge in [0.05, 0.1) is 18.0 Å². The maximum Gasteiger partial charge on any atom is 0.319 e. The van der Waals surface area contributed by atoms with Crippen LogP contribution in [0.25, 0.3) is 5.82 Å². The largest absolute Gasteiger partial charge is 0.492 e. The van der Waals surface area contributed by atoms with E-state index in [4.69, 9.17) is 4.74 Å². The molecule has 0 bridgehead atoms. The Labute approximate surface area is 169 Å². The smallest absolute Gasteiger partial charge is 0.319 e. The van der Waals surface area contributed by atoms with Crippen LogP contribution < -0.4 is 20.7 Å². The van der Waals surface area contributed by atoms with Crippen molar-refractivity contribution in [3.05, 3.63) is 54.1 Å². The average molecular weight is 395 g/mol. The van der Waals surface area contributed by atoms with Crippen molar-refractivity contribution in [3.8, 4) is 11.6 Å². The lowest BCUT2D eigenvalue weighted by Gasteiger charge is -2.12. The molecular formula is C20H25N7O2. The molecule has 3 N–H and O–H groups in total. The van der Waals surface area contributed by atoms with Crippen LogP contribution in [0.3, 0.4) is 0 Å². The van der Waals surface area contributed by atoms with Gasteiger partial charge in [-0.3, -0.25) is 0 Å². The Hall–Kier alpha value is -3.62. The molecule has 9 nitrogen and oxygen atoms in total. The fourth-order valence-electron chi connectivity index (χ4n) is 2.80. The highest BCUT2D eigenvalue weighted by Gasteiger charge is 2.08. The molecule has 0 spiro atoms. The minimum absolute atomic E-state index is 0.301. The monoisotopic (exact) mass is 395 g/mol. The van der Waals surface area contributed by atoms with Gasteiger partial charge in [-0.2, -0.15) is 5.10 Å². The van der Waals surface area contributed by atoms with E-state index in [0.717, 1.165) is 11.4 Å². The third kappa shape index (κ3) is 5.44. The third-order valence-electron chi connectivity index (χ3n) is 4.03. The molecule has 0 fully saturated rings. The topological polar surface area (TPSA) is 106 Å². The van der Waals surface area contributed by atoms with E-state index in [0.29, 0.717) is 42.8 Å². The van der Waals surface area contributed by atoms with E-state index < -0.39 is 0 Å². The predicted octanol–water partition coefficient (Wildman–Crippen LogP) is 2.91. The van der Waals surface area contributed by atoms with Gasteiger partial charge >= 0.3 is 6.03 Å². The van der Waals surface area contributed by atoms with E-state index >= 15 is 0 Å². The normalized spacial score (nSPS) is 10.4. The zero-order valence-corrected chi connectivity index (χ0v) is 16.8. The molecule has 0 radical (unpaired) electrons. The summed E-state index contributed by atoms with van der Waals surface area (Å²) >= 11 is 0. The summed E-state index contributed by atoms with van der Waals surface area (Å²) in [5, 5.41) is 13.2. The van der Waals surface area contributed by atoms with Crippen molar-refractivity contribution in [2.24, 2.45) is 0 Å². The number of benzene rings is 1. The Morgan fingerprint density at radius 1 is 1.14 bits per heavy atom. The van der Waals surface area contributed by atoms with Crippen molar-refractivity contribution in [1.82, 2.24) is 25.1 Å². The molecule has 0 saturated carbocycles. The fourth-order valence-corrected chi connectivity index (χ4v) is 2.80. The van der Waals surface area contributed by atoms with Gasteiger partial charge in [0.15, 0.2) is 5.82 Å². The molecule has 2 heterocycles. The molecule has 1 aromatic carbocycles. The van der Waals surface area contributed by atoms with Crippen LogP contribution in [0.5, 0.6) is 5.75 Å². The highest BCUT2D eigenvalue weighted by atomic mass is 16.5. The lowest BCUT2D eigenvalue weighted by atomic mass is 10.3. The molecule has 9 heteroatoms. The van der Waals surface area contributed by atoms with Gasteiger partial charge in [-0.1, -0.05) is 12.1 Å². The average Bonchev–Trinajstić information content (AvgIpc) is 3.05. The van der Waals surface area contributed by atoms with Gasteiger partial charge in [0.2, 0.25) is 0 Å². The molecule has 3 rings (SSSR count). The van der Waals surface area contributed by atoms with E-state index in [1.165, 1.54) is 6.33 Å². The maximum absolute atomic E-state index is 12.1. The van der Waals surface area contributed by atoms with Crippen LogP contribution in [0.4, 0.5) is 16.3 Å². The minimum atomic E-state index is -0.301. The standard InChI is InChI=1S/C20H25N7O2/c1-4-29-17-8-6-5-7-16(17)25-20(28)22-10-9-21-18-12-19(24-13-23-18)27-15(3)11-14(2)26-27/h5-8,11-13H,4,9-10H2,1-3H3,(H,21,23,24)(H2,22,25,28). The predicted molar refractivity (Wildman–Crippen MR) is 112 cm³/mol. The first kappa shape index (κ1) is 20.1. The van der Waals surface area contributed by atoms with E-state index in [9.17, 15) is 4.79 Å². The summed E-state index contributed by atoms with van der Waals surface area (Å²) in [6.07, 6.45) is 1.49. The number of nitrogens with zero attached hydrogens (tertiary/aromatic N) is 4. The number of amides is 2. The molecule has 0 aliphatic heterocycles. The van der Waals surface area contributed by atoms with Crippen LogP contribution in [0, 0.1) is 13.8 Å². The van der Waals surface area contributed by atoms with Gasteiger partial charge in [-0.25, -0.2) is 19.4 Å². The SMILES string of the molecule is CCOc1ccccc1NC(=O)NCCNc1cc(-n2nc(C)cc2C)ncn1. The summed E-state index contributed by atoms with van der Waals surface area (Å²) in [7, 11) is 0. The number of aromatic nitrogens is 4. The number of para-hydroxylation sites is 2. The summed E-state index contributed by atoms with van der Waals surface area (Å²) in [6, 6.07) is 10.8. The second-order valence-electron chi connectivity index (χ2n) is 6.34. The summed E-state index contributed by atoms with van der Waals surface area (Å²) in [5.41, 5.74) is 2.56. The van der Waals surface area contributed by atoms with Crippen molar-refractivity contribution >= 4 is 17.5 Å². The molecule has 2 aromatic heterocycles. The van der Waals surface area contributed by atoms with Gasteiger partial charge < -0.3 is 20.7 Å². The molecule has 3 aromatic rings. The van der Waals surface area contributed by atoms with Crippen LogP contribution in [0.15, 0.2) is 42.7 Å². The lowest BCUT2D eigenvalue weighted by Crippen LogP contribution is -2.32. The molecular weight excluding hydrogens is 370 g/mol. The zero-order chi connectivity index (χ0) is 20.6. The summed E-state index contributed by atoms with van der Waals surface area (Å²) in [6.45, 7) is 7.27. The van der Waals surface area contributed by atoms with Gasteiger partial charge in [0.25, 0.3) is 0 Å². The Morgan fingerprint density at radius 3 is 2.72 bits per heavy atom. The molecule has 0 atom stereocenters. The highest BCUT2D eigenvalue weighted by Crippen LogP contribution is 2.23. The summed E-state index contributed by atoms with van der Waals surface area (Å²) in [4.78, 5) is 20.6. The Kier molecular flexibility index (Phi) is 6.62. The Balaban J connectivity index is 1.49. The van der Waals surface area contributed by atoms with Gasteiger partial charge in [-0.15, -0.1) is 0 Å². The van der Waals surface area contributed by atoms with E-state index in [2.05, 4.69) is 31.0 Å². The van der Waals surface area contributed by atoms with Crippen LogP contribution in [-0.4, -0.2) is 45.5 Å². The van der Waals surface area contributed by atoms with Crippen LogP contribution in [-0.2, 0) is 0 Å². The maximum atomic E-state index is 12.1. The quantitative estimate of drug-likeness (QED) is 0.507. The van der Waals surface area contributed by atoms with Crippen LogP contribution in [0.2, 0.25) is 0 Å². The Bertz CT molecular complexity index is 971. The van der Waals surface area contributed by atoms with Crippen molar-refractivity contribution in [3.63, 3.8) is 0 Å². The van der Waals surface area contributed by atoms with Gasteiger partial charge in [0.1, 0.15) is 17.9 Å². The van der Waals surface area contributed by atoms with E-state index in [1.54, 1.807) is 10.7 Å². The van der Waals surface area contributed by atoms with Gasteiger partial charge in [0, 0.05) is 24.8 Å². The third-order valence-corrected chi connectivity index (χ3v) is 4.03. The molecule has 152 valence electrons. The number of hydrogen-bond acceptors (Lipinski definition) is 6. The number of ether oxygens (including phenoxy) is 1. The number of rotatable bonds is 8. The first-order valence-electron chi connectivity index (χ1n) is 9.43. The number of aryl methyl sites for hydroxylation is 2. The number of urea groups is 1. The van der Waals surface area contributed by atoms with E-state index in [-0.39, 0.29) is 6.03 Å². The summed E-state index contributed by atoms with van der Waals surface area (Å²) < 4.78 is 7.27. The van der Waals surface area contributed by atoms with Crippen molar-refractivity contribution in [1.29, 1.82) is 0 Å². The molecule has 2 amide bonds. The molecule has 0 unspecified atom stereocenters. The van der Waals surface area contributed by atoms with Crippen molar-refractivity contribution < 1.29 is 9.53 Å². The first-order chi connectivity index (χ1) is 14.1. The van der Waals surface area contributed by atoms with Crippen molar-refractivity contribution in [2.75, 3.05) is 30.3 Å². The summed E-state index contributed by atoms with van der Waals surface area (Å²) in [5.74, 6) is 1.98. The number of nitrogens with one attached hydrogen (secondary N) is 3. The number of carbonyl (C=O) groups is 1. The van der Waals surface area contributed by atoms with Crippen LogP contribution >= 0.6 is 0 Å². The highest BCUT2D eigenvalue weighted by molar-refractivity contribution is 5.90. The van der Waals surface area contributed by atoms with Crippen LogP contribution in [0.1, 0.15) is 18.3 Å². The number of carbonyl (C=O) groups excluding carboxylic acids is 1. The molecule has 0 aliphatic carbocycles. The second kappa shape index (κ2) is 9.54. The zero-order valence-electron chi connectivity index (χ0n) is 16.8. The van der Waals surface area contributed by atoms with E-state index in [1.807, 2.05) is 51.1 Å². The lowest BCUT2D eigenvalue weighted by molar-refractivity contribution is 0.252.